The second-order valence-corrected chi connectivity index (χ2v) is 7.38. The van der Waals surface area contributed by atoms with Gasteiger partial charge in [0.05, 0.1) is 30.4 Å². The van der Waals surface area contributed by atoms with Gasteiger partial charge in [-0.25, -0.2) is 13.1 Å². The molecule has 1 aromatic carbocycles. The van der Waals surface area contributed by atoms with Gasteiger partial charge in [-0.1, -0.05) is 12.1 Å². The summed E-state index contributed by atoms with van der Waals surface area (Å²) < 4.78 is 30.1. The molecule has 112 valence electrons. The molecule has 3 rings (SSSR count). The Labute approximate surface area is 123 Å². The predicted molar refractivity (Wildman–Crippen MR) is 80.9 cm³/mol. The zero-order valence-electron chi connectivity index (χ0n) is 11.7. The topological polar surface area (TPSA) is 87.2 Å². The summed E-state index contributed by atoms with van der Waals surface area (Å²) in [6.45, 7) is 0. The number of hydrogen-bond acceptors (Lipinski definition) is 5. The van der Waals surface area contributed by atoms with Crippen molar-refractivity contribution in [3.8, 4) is 17.0 Å². The molecule has 1 aromatic heterocycles. The Balaban J connectivity index is 1.99. The van der Waals surface area contributed by atoms with Crippen LogP contribution >= 0.6 is 0 Å². The van der Waals surface area contributed by atoms with Crippen molar-refractivity contribution in [1.82, 2.24) is 9.78 Å². The van der Waals surface area contributed by atoms with Crippen LogP contribution < -0.4 is 10.5 Å². The van der Waals surface area contributed by atoms with Crippen molar-refractivity contribution in [2.75, 3.05) is 24.3 Å². The number of anilines is 1. The monoisotopic (exact) mass is 307 g/mol. The number of rotatable bonds is 3. The Hall–Kier alpha value is -2.02. The third kappa shape index (κ3) is 2.61. The molecule has 1 unspecified atom stereocenters. The van der Waals surface area contributed by atoms with E-state index in [0.717, 1.165) is 5.56 Å². The Morgan fingerprint density at radius 3 is 2.81 bits per heavy atom. The van der Waals surface area contributed by atoms with Crippen molar-refractivity contribution in [1.29, 1.82) is 0 Å². The quantitative estimate of drug-likeness (QED) is 0.928. The van der Waals surface area contributed by atoms with Gasteiger partial charge in [0.2, 0.25) is 0 Å². The summed E-state index contributed by atoms with van der Waals surface area (Å²) in [6.07, 6.45) is 0.555. The molecule has 2 heterocycles. The zero-order chi connectivity index (χ0) is 15.0. The van der Waals surface area contributed by atoms with E-state index in [1.807, 2.05) is 24.3 Å². The first-order valence-corrected chi connectivity index (χ1v) is 8.51. The van der Waals surface area contributed by atoms with Crippen molar-refractivity contribution in [2.24, 2.45) is 0 Å². The Morgan fingerprint density at radius 2 is 2.14 bits per heavy atom. The van der Waals surface area contributed by atoms with Crippen LogP contribution in [0.4, 0.5) is 5.82 Å². The average molecular weight is 307 g/mol. The first-order chi connectivity index (χ1) is 10.00. The summed E-state index contributed by atoms with van der Waals surface area (Å²) in [5, 5.41) is 4.48. The van der Waals surface area contributed by atoms with Gasteiger partial charge in [-0.15, -0.1) is 0 Å². The maximum absolute atomic E-state index is 11.6. The second kappa shape index (κ2) is 5.07. The number of sulfone groups is 1. The summed E-state index contributed by atoms with van der Waals surface area (Å²) in [5.41, 5.74) is 7.53. The molecule has 0 amide bonds. The molecule has 1 atom stereocenters. The highest BCUT2D eigenvalue weighted by molar-refractivity contribution is 7.91. The van der Waals surface area contributed by atoms with Crippen LogP contribution in [-0.2, 0) is 9.84 Å². The fraction of sp³-hybridized carbons (Fsp3) is 0.357. The first-order valence-electron chi connectivity index (χ1n) is 6.69. The van der Waals surface area contributed by atoms with Crippen molar-refractivity contribution < 1.29 is 13.2 Å². The molecular weight excluding hydrogens is 290 g/mol. The zero-order valence-corrected chi connectivity index (χ0v) is 12.5. The highest BCUT2D eigenvalue weighted by Crippen LogP contribution is 2.32. The molecule has 2 N–H and O–H groups in total. The van der Waals surface area contributed by atoms with E-state index in [1.54, 1.807) is 17.9 Å². The summed E-state index contributed by atoms with van der Waals surface area (Å²) >= 11 is 0. The van der Waals surface area contributed by atoms with E-state index in [0.29, 0.717) is 23.7 Å². The van der Waals surface area contributed by atoms with Crippen molar-refractivity contribution >= 4 is 15.7 Å². The minimum Gasteiger partial charge on any atom is -0.496 e. The number of aromatic nitrogens is 2. The number of benzene rings is 1. The van der Waals surface area contributed by atoms with Gasteiger partial charge in [-0.05, 0) is 18.6 Å². The van der Waals surface area contributed by atoms with E-state index < -0.39 is 9.84 Å². The minimum atomic E-state index is -2.97. The maximum Gasteiger partial charge on any atom is 0.152 e. The van der Waals surface area contributed by atoms with Crippen LogP contribution in [-0.4, -0.2) is 36.8 Å². The van der Waals surface area contributed by atoms with Crippen molar-refractivity contribution in [3.63, 3.8) is 0 Å². The molecule has 1 saturated heterocycles. The molecule has 7 heteroatoms. The summed E-state index contributed by atoms with van der Waals surface area (Å²) in [5.74, 6) is 1.48. The molecule has 0 spiro atoms. The van der Waals surface area contributed by atoms with Crippen LogP contribution in [0.25, 0.3) is 11.3 Å². The largest absolute Gasteiger partial charge is 0.496 e. The van der Waals surface area contributed by atoms with Crippen LogP contribution in [0.2, 0.25) is 0 Å². The van der Waals surface area contributed by atoms with E-state index in [1.165, 1.54) is 0 Å². The van der Waals surface area contributed by atoms with Gasteiger partial charge < -0.3 is 10.5 Å². The van der Waals surface area contributed by atoms with E-state index in [-0.39, 0.29) is 17.5 Å². The van der Waals surface area contributed by atoms with Crippen LogP contribution in [0.3, 0.4) is 0 Å². The van der Waals surface area contributed by atoms with Crippen molar-refractivity contribution in [3.05, 3.63) is 30.3 Å². The SMILES string of the molecule is COc1ccccc1-c1cc(N)n(C2CCS(=O)(=O)C2)n1. The maximum atomic E-state index is 11.6. The molecule has 6 nitrogen and oxygen atoms in total. The van der Waals surface area contributed by atoms with Gasteiger partial charge in [0, 0.05) is 11.6 Å². The minimum absolute atomic E-state index is 0.101. The van der Waals surface area contributed by atoms with Crippen LogP contribution in [0, 0.1) is 0 Å². The van der Waals surface area contributed by atoms with Gasteiger partial charge in [0.25, 0.3) is 0 Å². The molecule has 0 bridgehead atoms. The molecule has 1 fully saturated rings. The van der Waals surface area contributed by atoms with Gasteiger partial charge in [0.1, 0.15) is 11.6 Å². The highest BCUT2D eigenvalue weighted by Gasteiger charge is 2.31. The lowest BCUT2D eigenvalue weighted by molar-refractivity contribution is 0.416. The lowest BCUT2D eigenvalue weighted by Crippen LogP contribution is -2.14. The van der Waals surface area contributed by atoms with Gasteiger partial charge in [-0.3, -0.25) is 0 Å². The summed E-state index contributed by atoms with van der Waals surface area (Å²) in [7, 11) is -1.37. The van der Waals surface area contributed by atoms with Gasteiger partial charge in [-0.2, -0.15) is 5.10 Å². The lowest BCUT2D eigenvalue weighted by atomic mass is 10.1. The van der Waals surface area contributed by atoms with E-state index in [9.17, 15) is 8.42 Å². The number of para-hydroxylation sites is 1. The average Bonchev–Trinajstić information content (AvgIpc) is 3.01. The predicted octanol–water partition coefficient (Wildman–Crippen LogP) is 1.50. The fourth-order valence-electron chi connectivity index (χ4n) is 2.66. The van der Waals surface area contributed by atoms with Crippen LogP contribution in [0.5, 0.6) is 5.75 Å². The van der Waals surface area contributed by atoms with E-state index in [2.05, 4.69) is 5.10 Å². The Kier molecular flexibility index (Phi) is 3.36. The normalized spacial score (nSPS) is 20.5. The molecule has 0 aliphatic carbocycles. The third-order valence-electron chi connectivity index (χ3n) is 3.70. The van der Waals surface area contributed by atoms with Crippen molar-refractivity contribution in [2.45, 2.75) is 12.5 Å². The number of nitrogen functional groups attached to an aromatic ring is 1. The third-order valence-corrected chi connectivity index (χ3v) is 5.45. The number of methoxy groups -OCH3 is 1. The number of hydrogen-bond donors (Lipinski definition) is 1. The second-order valence-electron chi connectivity index (χ2n) is 5.16. The molecule has 1 aliphatic rings. The molecule has 0 saturated carbocycles. The first kappa shape index (κ1) is 13.9. The smallest absolute Gasteiger partial charge is 0.152 e. The summed E-state index contributed by atoms with van der Waals surface area (Å²) in [4.78, 5) is 0. The Bertz CT molecular complexity index is 768. The summed E-state index contributed by atoms with van der Waals surface area (Å²) in [6, 6.07) is 9.10. The molecule has 1 aliphatic heterocycles. The molecular formula is C14H17N3O3S. The van der Waals surface area contributed by atoms with Gasteiger partial charge >= 0.3 is 0 Å². The fourth-order valence-corrected chi connectivity index (χ4v) is 4.35. The number of ether oxygens (including phenoxy) is 1. The van der Waals surface area contributed by atoms with Crippen LogP contribution in [0.1, 0.15) is 12.5 Å². The number of nitrogens with zero attached hydrogens (tertiary/aromatic N) is 2. The molecule has 2 aromatic rings. The van der Waals surface area contributed by atoms with Crippen LogP contribution in [0.15, 0.2) is 30.3 Å². The Morgan fingerprint density at radius 1 is 1.38 bits per heavy atom. The number of nitrogens with two attached hydrogens (primary N) is 1. The molecule has 21 heavy (non-hydrogen) atoms. The highest BCUT2D eigenvalue weighted by atomic mass is 32.2. The lowest BCUT2D eigenvalue weighted by Gasteiger charge is -2.10. The molecule has 0 radical (unpaired) electrons. The van der Waals surface area contributed by atoms with E-state index >= 15 is 0 Å². The van der Waals surface area contributed by atoms with Gasteiger partial charge in [0.15, 0.2) is 9.84 Å². The van der Waals surface area contributed by atoms with E-state index in [4.69, 9.17) is 10.5 Å². The standard InChI is InChI=1S/C14H17N3O3S/c1-20-13-5-3-2-4-11(13)12-8-14(15)17(16-12)10-6-7-21(18,19)9-10/h2-5,8,10H,6-7,9,15H2,1H3.